The largest absolute Gasteiger partial charge is 0.481 e. The molecule has 3 N–H and O–H groups in total. The summed E-state index contributed by atoms with van der Waals surface area (Å²) in [4.78, 5) is 12.8. The smallest absolute Gasteiger partial charge is 0.309 e. The molecule has 1 aliphatic heterocycles. The van der Waals surface area contributed by atoms with E-state index in [2.05, 4.69) is 52.0 Å². The van der Waals surface area contributed by atoms with Gasteiger partial charge in [-0.15, -0.1) is 0 Å². The lowest BCUT2D eigenvalue weighted by Crippen LogP contribution is -2.77. The summed E-state index contributed by atoms with van der Waals surface area (Å²) >= 11 is 0. The molecule has 6 heteroatoms. The van der Waals surface area contributed by atoms with Gasteiger partial charge in [0.05, 0.1) is 24.2 Å². The first-order valence-electron chi connectivity index (χ1n) is 20.5. The minimum absolute atomic E-state index is 0.0147. The lowest BCUT2D eigenvalue weighted by Gasteiger charge is -2.82. The van der Waals surface area contributed by atoms with Crippen molar-refractivity contribution in [2.75, 3.05) is 13.7 Å². The van der Waals surface area contributed by atoms with Gasteiger partial charge in [-0.2, -0.15) is 0 Å². The van der Waals surface area contributed by atoms with Gasteiger partial charge in [-0.25, -0.2) is 0 Å². The molecular formula is C44H66O6. The van der Waals surface area contributed by atoms with Crippen LogP contribution in [0.15, 0.2) is 24.3 Å². The van der Waals surface area contributed by atoms with Crippen LogP contribution in [-0.2, 0) is 27.1 Å². The molecule has 0 aromatic heterocycles. The number of carboxylic acids is 1. The Bertz CT molecular complexity index is 1490. The number of ether oxygens (including phenoxy) is 2. The van der Waals surface area contributed by atoms with Crippen LogP contribution in [0.3, 0.4) is 0 Å². The summed E-state index contributed by atoms with van der Waals surface area (Å²) in [6, 6.07) is 8.93. The zero-order valence-corrected chi connectivity index (χ0v) is 32.0. The SMILES string of the molecule is CCCC1C2(O)CC(O)C3C1(CCC14CCCC5(CCC31C)C1CC(C)(C(=O)O)CCC1(C)CCC54C)C(Cc1ccc(CCOC)cc1)O2. The molecule has 50 heavy (non-hydrogen) atoms. The molecule has 1 aromatic rings. The maximum atomic E-state index is 12.8. The fourth-order valence-corrected chi connectivity index (χ4v) is 16.3. The van der Waals surface area contributed by atoms with E-state index >= 15 is 0 Å². The second kappa shape index (κ2) is 11.5. The zero-order chi connectivity index (χ0) is 35.6. The number of aliphatic carboxylic acids is 1. The molecule has 1 saturated heterocycles. The molecule has 1 aromatic carbocycles. The third-order valence-electron chi connectivity index (χ3n) is 18.6. The van der Waals surface area contributed by atoms with E-state index in [-0.39, 0.29) is 50.4 Å². The van der Waals surface area contributed by atoms with Gasteiger partial charge < -0.3 is 24.8 Å². The Morgan fingerprint density at radius 2 is 1.62 bits per heavy atom. The predicted molar refractivity (Wildman–Crippen MR) is 194 cm³/mol. The van der Waals surface area contributed by atoms with Gasteiger partial charge in [0.25, 0.3) is 0 Å². The fraction of sp³-hybridized carbons (Fsp3) is 0.841. The molecule has 7 fully saturated rings. The molecule has 13 unspecified atom stereocenters. The summed E-state index contributed by atoms with van der Waals surface area (Å²) in [6.07, 6.45) is 16.1. The number of aliphatic hydroxyl groups excluding tert-OH is 1. The Kier molecular flexibility index (Phi) is 8.19. The highest BCUT2D eigenvalue weighted by molar-refractivity contribution is 5.74. The van der Waals surface area contributed by atoms with Crippen molar-refractivity contribution in [3.8, 4) is 0 Å². The Labute approximate surface area is 301 Å². The van der Waals surface area contributed by atoms with Crippen molar-refractivity contribution in [2.24, 2.45) is 55.7 Å². The predicted octanol–water partition coefficient (Wildman–Crippen LogP) is 8.74. The number of hydrogen-bond acceptors (Lipinski definition) is 5. The number of carbonyl (C=O) groups is 1. The summed E-state index contributed by atoms with van der Waals surface area (Å²) in [6.45, 7) is 12.8. The molecule has 0 amide bonds. The number of fused-ring (bicyclic) bond motifs is 3. The van der Waals surface area contributed by atoms with Gasteiger partial charge in [-0.1, -0.05) is 64.8 Å². The van der Waals surface area contributed by atoms with Crippen molar-refractivity contribution < 1.29 is 29.6 Å². The average Bonchev–Trinajstić information content (AvgIpc) is 3.21. The van der Waals surface area contributed by atoms with Crippen molar-refractivity contribution >= 4 is 5.97 Å². The summed E-state index contributed by atoms with van der Waals surface area (Å²) in [5, 5.41) is 35.5. The summed E-state index contributed by atoms with van der Waals surface area (Å²) in [5.74, 6) is -1.40. The standard InChI is InChI=1S/C44H66O6/c1-7-9-32-43-24-23-42-16-8-15-41(33-28-38(3,36(46)47)18-17-37(33,2)19-21-40(41,42)5)22-20-39(42,4)35(43)31(45)27-44(32,48)50-34(43)26-30-12-10-29(11-13-30)14-25-49-6/h10-13,31-35,45,48H,7-9,14-28H2,1-6H3,(H,46,47). The minimum atomic E-state index is -1.29. The third-order valence-corrected chi connectivity index (χ3v) is 18.6. The number of carboxylic acid groups (broad SMARTS) is 1. The van der Waals surface area contributed by atoms with E-state index in [1.165, 1.54) is 43.2 Å². The first-order valence-corrected chi connectivity index (χ1v) is 20.5. The number of hydrogen-bond donors (Lipinski definition) is 3. The minimum Gasteiger partial charge on any atom is -0.481 e. The molecule has 13 atom stereocenters. The van der Waals surface area contributed by atoms with E-state index in [4.69, 9.17) is 9.47 Å². The molecular weight excluding hydrogens is 624 g/mol. The second-order valence-corrected chi connectivity index (χ2v) is 20.0. The van der Waals surface area contributed by atoms with Crippen molar-refractivity contribution in [3.63, 3.8) is 0 Å². The summed E-state index contributed by atoms with van der Waals surface area (Å²) in [5.41, 5.74) is 1.99. The van der Waals surface area contributed by atoms with Gasteiger partial charge in [0, 0.05) is 24.9 Å². The average molecular weight is 691 g/mol. The first-order chi connectivity index (χ1) is 23.6. The number of benzene rings is 1. The van der Waals surface area contributed by atoms with Crippen molar-refractivity contribution in [2.45, 2.75) is 162 Å². The van der Waals surface area contributed by atoms with Crippen LogP contribution in [0.2, 0.25) is 0 Å². The van der Waals surface area contributed by atoms with Gasteiger partial charge in [0.1, 0.15) is 0 Å². The summed E-state index contributed by atoms with van der Waals surface area (Å²) in [7, 11) is 1.75. The summed E-state index contributed by atoms with van der Waals surface area (Å²) < 4.78 is 12.3. The second-order valence-electron chi connectivity index (χ2n) is 20.0. The molecule has 0 radical (unpaired) electrons. The number of aliphatic hydroxyl groups is 2. The maximum Gasteiger partial charge on any atom is 0.309 e. The molecule has 4 bridgehead atoms. The van der Waals surface area contributed by atoms with E-state index in [1.54, 1.807) is 7.11 Å². The monoisotopic (exact) mass is 690 g/mol. The van der Waals surface area contributed by atoms with Crippen LogP contribution in [0.4, 0.5) is 0 Å². The van der Waals surface area contributed by atoms with E-state index < -0.39 is 23.3 Å². The molecule has 6 nitrogen and oxygen atoms in total. The van der Waals surface area contributed by atoms with Crippen LogP contribution in [0.25, 0.3) is 0 Å². The van der Waals surface area contributed by atoms with Gasteiger partial charge in [0.15, 0.2) is 5.79 Å². The van der Waals surface area contributed by atoms with Crippen molar-refractivity contribution in [1.29, 1.82) is 0 Å². The molecule has 8 rings (SSSR count). The lowest BCUT2D eigenvalue weighted by atomic mass is 9.22. The van der Waals surface area contributed by atoms with E-state index in [1.807, 2.05) is 6.92 Å². The van der Waals surface area contributed by atoms with Gasteiger partial charge in [-0.3, -0.25) is 4.79 Å². The van der Waals surface area contributed by atoms with Crippen LogP contribution in [0.1, 0.15) is 142 Å². The normalized spacial score (nSPS) is 52.0. The van der Waals surface area contributed by atoms with Crippen molar-refractivity contribution in [3.05, 3.63) is 35.4 Å². The van der Waals surface area contributed by atoms with Gasteiger partial charge >= 0.3 is 5.97 Å². The molecule has 278 valence electrons. The topological polar surface area (TPSA) is 96.2 Å². The molecule has 7 aliphatic rings. The van der Waals surface area contributed by atoms with Crippen LogP contribution < -0.4 is 0 Å². The van der Waals surface area contributed by atoms with Gasteiger partial charge in [0.2, 0.25) is 0 Å². The highest BCUT2D eigenvalue weighted by Gasteiger charge is 2.83. The van der Waals surface area contributed by atoms with E-state index in [9.17, 15) is 20.1 Å². The fourth-order valence-electron chi connectivity index (χ4n) is 16.3. The van der Waals surface area contributed by atoms with Crippen LogP contribution in [0, 0.1) is 55.7 Å². The van der Waals surface area contributed by atoms with Crippen molar-refractivity contribution in [1.82, 2.24) is 0 Å². The van der Waals surface area contributed by atoms with E-state index in [0.29, 0.717) is 18.9 Å². The number of methoxy groups -OCH3 is 1. The quantitative estimate of drug-likeness (QED) is 0.253. The molecule has 1 heterocycles. The first kappa shape index (κ1) is 35.6. The third kappa shape index (κ3) is 4.31. The lowest BCUT2D eigenvalue weighted by molar-refractivity contribution is -0.346. The highest BCUT2D eigenvalue weighted by Crippen LogP contribution is 2.87. The maximum absolute atomic E-state index is 12.8. The van der Waals surface area contributed by atoms with Crippen LogP contribution in [-0.4, -0.2) is 53.0 Å². The van der Waals surface area contributed by atoms with Gasteiger partial charge in [-0.05, 0) is 147 Å². The van der Waals surface area contributed by atoms with Crippen LogP contribution >= 0.6 is 0 Å². The Morgan fingerprint density at radius 3 is 2.32 bits per heavy atom. The zero-order valence-electron chi connectivity index (χ0n) is 32.0. The highest BCUT2D eigenvalue weighted by atomic mass is 16.6. The number of rotatable bonds is 8. The van der Waals surface area contributed by atoms with Crippen LogP contribution in [0.5, 0.6) is 0 Å². The Hall–Kier alpha value is -1.47. The molecule has 2 spiro atoms. The molecule has 6 saturated carbocycles. The molecule has 6 aliphatic carbocycles. The Morgan fingerprint density at radius 1 is 0.900 bits per heavy atom. The van der Waals surface area contributed by atoms with E-state index in [0.717, 1.165) is 70.6 Å². The Balaban J connectivity index is 1.21.